The minimum absolute atomic E-state index is 0.0443. The third-order valence-corrected chi connectivity index (χ3v) is 2.78. The van der Waals surface area contributed by atoms with Crippen LogP contribution in [0.25, 0.3) is 0 Å². The normalized spacial score (nSPS) is 32.6. The van der Waals surface area contributed by atoms with Gasteiger partial charge >= 0.3 is 0 Å². The summed E-state index contributed by atoms with van der Waals surface area (Å²) in [7, 11) is 3.43. The van der Waals surface area contributed by atoms with Crippen LogP contribution in [0, 0.1) is 0 Å². The fourth-order valence-electron chi connectivity index (χ4n) is 1.78. The summed E-state index contributed by atoms with van der Waals surface area (Å²) >= 11 is 0. The minimum atomic E-state index is -0.515. The van der Waals surface area contributed by atoms with E-state index in [1.165, 1.54) is 4.90 Å². The fourth-order valence-corrected chi connectivity index (χ4v) is 1.78. The van der Waals surface area contributed by atoms with E-state index in [0.717, 1.165) is 0 Å². The van der Waals surface area contributed by atoms with Crippen LogP contribution < -0.4 is 0 Å². The number of hydrogen-bond acceptors (Lipinski definition) is 3. The molecule has 1 aliphatic rings. The third kappa shape index (κ3) is 3.32. The van der Waals surface area contributed by atoms with E-state index in [1.54, 1.807) is 14.1 Å². The average Bonchev–Trinajstić information content (AvgIpc) is 2.23. The Kier molecular flexibility index (Phi) is 4.96. The molecule has 0 unspecified atom stereocenters. The van der Waals surface area contributed by atoms with Crippen molar-refractivity contribution in [1.82, 2.24) is 4.90 Å². The molecule has 1 heterocycles. The third-order valence-electron chi connectivity index (χ3n) is 2.78. The number of nitrogens with zero attached hydrogens (tertiary/aromatic N) is 1. The highest BCUT2D eigenvalue weighted by Gasteiger charge is 2.27. The van der Waals surface area contributed by atoms with Crippen molar-refractivity contribution in [2.24, 2.45) is 0 Å². The van der Waals surface area contributed by atoms with Crippen LogP contribution in [-0.2, 0) is 9.53 Å². The zero-order valence-corrected chi connectivity index (χ0v) is 10.2. The number of rotatable bonds is 2. The quantitative estimate of drug-likeness (QED) is 0.715. The zero-order valence-electron chi connectivity index (χ0n) is 10.2. The molecule has 0 aromatic heterocycles. The van der Waals surface area contributed by atoms with E-state index < -0.39 is 12.2 Å². The summed E-state index contributed by atoms with van der Waals surface area (Å²) in [5, 5.41) is 9.81. The molecular formula is C12H21NO3. The Morgan fingerprint density at radius 3 is 2.62 bits per heavy atom. The van der Waals surface area contributed by atoms with Gasteiger partial charge in [0.2, 0.25) is 0 Å². The van der Waals surface area contributed by atoms with Crippen LogP contribution in [0.15, 0.2) is 12.2 Å². The molecular weight excluding hydrogens is 206 g/mol. The lowest BCUT2D eigenvalue weighted by atomic mass is 10.0. The van der Waals surface area contributed by atoms with E-state index in [2.05, 4.69) is 0 Å². The van der Waals surface area contributed by atoms with Crippen molar-refractivity contribution < 1.29 is 14.6 Å². The second-order valence-electron chi connectivity index (χ2n) is 4.31. The van der Waals surface area contributed by atoms with Crippen LogP contribution in [0.2, 0.25) is 0 Å². The summed E-state index contributed by atoms with van der Waals surface area (Å²) in [6, 6.07) is 0. The fraction of sp³-hybridized carbons (Fsp3) is 0.750. The van der Waals surface area contributed by atoms with Crippen molar-refractivity contribution in [3.05, 3.63) is 12.2 Å². The molecule has 1 aliphatic heterocycles. The molecule has 0 aromatic rings. The second-order valence-corrected chi connectivity index (χ2v) is 4.31. The highest BCUT2D eigenvalue weighted by molar-refractivity contribution is 5.80. The summed E-state index contributed by atoms with van der Waals surface area (Å²) in [6.07, 6.45) is 4.49. The average molecular weight is 227 g/mol. The number of carbonyl (C=O) groups is 1. The van der Waals surface area contributed by atoms with E-state index in [1.807, 2.05) is 19.1 Å². The maximum absolute atomic E-state index is 11.8. The first-order valence-corrected chi connectivity index (χ1v) is 5.76. The number of amides is 1. The largest absolute Gasteiger partial charge is 0.390 e. The van der Waals surface area contributed by atoms with Gasteiger partial charge in [-0.2, -0.15) is 0 Å². The number of hydrogen-bond donors (Lipinski definition) is 1. The molecule has 4 nitrogen and oxygen atoms in total. The molecule has 0 aromatic carbocycles. The van der Waals surface area contributed by atoms with Gasteiger partial charge in [-0.15, -0.1) is 0 Å². The topological polar surface area (TPSA) is 49.8 Å². The van der Waals surface area contributed by atoms with E-state index in [9.17, 15) is 9.90 Å². The van der Waals surface area contributed by atoms with Gasteiger partial charge in [0.25, 0.3) is 5.91 Å². The highest BCUT2D eigenvalue weighted by atomic mass is 16.5. The molecule has 92 valence electrons. The van der Waals surface area contributed by atoms with Crippen LogP contribution >= 0.6 is 0 Å². The SMILES string of the molecule is CC[C@H]1O[C@@H](C(=O)N(C)C)C/C=C\C[C@H]1O. The first-order valence-electron chi connectivity index (χ1n) is 5.76. The van der Waals surface area contributed by atoms with Gasteiger partial charge in [-0.3, -0.25) is 4.79 Å². The van der Waals surface area contributed by atoms with Gasteiger partial charge in [0.05, 0.1) is 12.2 Å². The van der Waals surface area contributed by atoms with Crippen molar-refractivity contribution >= 4 is 5.91 Å². The second kappa shape index (κ2) is 6.01. The van der Waals surface area contributed by atoms with Gasteiger partial charge in [0.15, 0.2) is 0 Å². The first kappa shape index (κ1) is 13.2. The highest BCUT2D eigenvalue weighted by Crippen LogP contribution is 2.17. The van der Waals surface area contributed by atoms with Gasteiger partial charge in [-0.1, -0.05) is 19.1 Å². The van der Waals surface area contributed by atoms with Gasteiger partial charge < -0.3 is 14.7 Å². The Bertz CT molecular complexity index is 263. The van der Waals surface area contributed by atoms with Crippen LogP contribution in [-0.4, -0.2) is 48.3 Å². The van der Waals surface area contributed by atoms with Gasteiger partial charge in [0.1, 0.15) is 6.10 Å². The summed E-state index contributed by atoms with van der Waals surface area (Å²) in [5.74, 6) is -0.0443. The van der Waals surface area contributed by atoms with E-state index in [0.29, 0.717) is 19.3 Å². The van der Waals surface area contributed by atoms with Crippen LogP contribution in [0.3, 0.4) is 0 Å². The molecule has 0 saturated carbocycles. The lowest BCUT2D eigenvalue weighted by molar-refractivity contribution is -0.150. The first-order chi connectivity index (χ1) is 7.56. The molecule has 0 bridgehead atoms. The maximum Gasteiger partial charge on any atom is 0.251 e. The summed E-state index contributed by atoms with van der Waals surface area (Å²) in [5.41, 5.74) is 0. The van der Waals surface area contributed by atoms with Crippen LogP contribution in [0.1, 0.15) is 26.2 Å². The Morgan fingerprint density at radius 1 is 1.44 bits per heavy atom. The van der Waals surface area contributed by atoms with E-state index >= 15 is 0 Å². The van der Waals surface area contributed by atoms with Crippen LogP contribution in [0.5, 0.6) is 0 Å². The van der Waals surface area contributed by atoms with E-state index in [4.69, 9.17) is 4.74 Å². The standard InChI is InChI=1S/C12H21NO3/c1-4-10-9(14)7-5-6-8-11(16-10)12(15)13(2)3/h5-6,9-11,14H,4,7-8H2,1-3H3/b6-5-/t9-,10-,11-/m1/s1. The smallest absolute Gasteiger partial charge is 0.251 e. The molecule has 0 aliphatic carbocycles. The molecule has 0 spiro atoms. The molecule has 3 atom stereocenters. The molecule has 0 radical (unpaired) electrons. The Balaban J connectivity index is 2.73. The Hall–Kier alpha value is -0.870. The lowest BCUT2D eigenvalue weighted by Gasteiger charge is -2.29. The molecule has 1 N–H and O–H groups in total. The van der Waals surface area contributed by atoms with Crippen molar-refractivity contribution in [3.63, 3.8) is 0 Å². The van der Waals surface area contributed by atoms with Gasteiger partial charge in [0, 0.05) is 20.5 Å². The number of ether oxygens (including phenoxy) is 1. The maximum atomic E-state index is 11.8. The zero-order chi connectivity index (χ0) is 12.1. The minimum Gasteiger partial charge on any atom is -0.390 e. The van der Waals surface area contributed by atoms with Gasteiger partial charge in [-0.05, 0) is 12.8 Å². The van der Waals surface area contributed by atoms with E-state index in [-0.39, 0.29) is 12.0 Å². The Morgan fingerprint density at radius 2 is 2.06 bits per heavy atom. The van der Waals surface area contributed by atoms with Gasteiger partial charge in [-0.25, -0.2) is 0 Å². The molecule has 4 heteroatoms. The molecule has 1 amide bonds. The number of likely N-dealkylation sites (N-methyl/N-ethyl adjacent to an activating group) is 1. The van der Waals surface area contributed by atoms with Crippen molar-refractivity contribution in [1.29, 1.82) is 0 Å². The summed E-state index contributed by atoms with van der Waals surface area (Å²) in [6.45, 7) is 1.95. The summed E-state index contributed by atoms with van der Waals surface area (Å²) in [4.78, 5) is 13.3. The number of carbonyl (C=O) groups excluding carboxylic acids is 1. The van der Waals surface area contributed by atoms with Crippen LogP contribution in [0.4, 0.5) is 0 Å². The predicted octanol–water partition coefficient (Wildman–Crippen LogP) is 0.949. The van der Waals surface area contributed by atoms with Crippen molar-refractivity contribution in [3.8, 4) is 0 Å². The Labute approximate surface area is 96.9 Å². The lowest BCUT2D eigenvalue weighted by Crippen LogP contribution is -2.41. The number of aliphatic hydroxyl groups is 1. The predicted molar refractivity (Wildman–Crippen MR) is 62.0 cm³/mol. The summed E-state index contributed by atoms with van der Waals surface area (Å²) < 4.78 is 5.68. The van der Waals surface area contributed by atoms with Crippen molar-refractivity contribution in [2.45, 2.75) is 44.5 Å². The molecule has 1 rings (SSSR count). The number of aliphatic hydroxyl groups excluding tert-OH is 1. The van der Waals surface area contributed by atoms with Crippen molar-refractivity contribution in [2.75, 3.05) is 14.1 Å². The molecule has 0 saturated heterocycles. The monoisotopic (exact) mass is 227 g/mol. The molecule has 16 heavy (non-hydrogen) atoms. The molecule has 0 fully saturated rings.